The highest BCUT2D eigenvalue weighted by atomic mass is 32.2. The molecule has 1 aromatic heterocycles. The molecular weight excluding hydrogens is 470 g/mol. The molecule has 1 saturated heterocycles. The Kier molecular flexibility index (Phi) is 7.41. The van der Waals surface area contributed by atoms with E-state index in [0.29, 0.717) is 41.5 Å². The SMILES string of the molecule is CCOc1cc(/C=C2\SC(=O)N(CCc3ccccc3)C2=O)ccc1Oc1ccc([N+](=O)[O-])cn1. The first-order valence-corrected chi connectivity index (χ1v) is 11.6. The second-order valence-electron chi connectivity index (χ2n) is 7.42. The molecule has 0 bridgehead atoms. The maximum Gasteiger partial charge on any atom is 0.293 e. The number of ether oxygens (including phenoxy) is 2. The minimum absolute atomic E-state index is 0.143. The average Bonchev–Trinajstić information content (AvgIpc) is 3.12. The highest BCUT2D eigenvalue weighted by molar-refractivity contribution is 8.18. The number of amides is 2. The number of pyridine rings is 1. The van der Waals surface area contributed by atoms with Crippen LogP contribution in [0, 0.1) is 10.1 Å². The maximum atomic E-state index is 12.8. The van der Waals surface area contributed by atoms with Gasteiger partial charge in [-0.2, -0.15) is 0 Å². The number of thioether (sulfide) groups is 1. The van der Waals surface area contributed by atoms with E-state index in [1.807, 2.05) is 37.3 Å². The van der Waals surface area contributed by atoms with Crippen LogP contribution in [0.5, 0.6) is 17.4 Å². The average molecular weight is 492 g/mol. The smallest absolute Gasteiger partial charge is 0.293 e. The van der Waals surface area contributed by atoms with E-state index in [2.05, 4.69) is 4.98 Å². The number of nitrogens with zero attached hydrogens (tertiary/aromatic N) is 3. The van der Waals surface area contributed by atoms with Crippen LogP contribution in [-0.4, -0.2) is 39.1 Å². The van der Waals surface area contributed by atoms with E-state index in [4.69, 9.17) is 9.47 Å². The Morgan fingerprint density at radius 3 is 2.57 bits per heavy atom. The predicted molar refractivity (Wildman–Crippen MR) is 131 cm³/mol. The van der Waals surface area contributed by atoms with Crippen LogP contribution in [0.3, 0.4) is 0 Å². The molecule has 1 fully saturated rings. The Hall–Kier alpha value is -4.18. The Balaban J connectivity index is 1.49. The van der Waals surface area contributed by atoms with E-state index in [0.717, 1.165) is 23.5 Å². The number of nitro groups is 1. The van der Waals surface area contributed by atoms with Gasteiger partial charge in [-0.15, -0.1) is 0 Å². The third-order valence-electron chi connectivity index (χ3n) is 5.05. The lowest BCUT2D eigenvalue weighted by atomic mass is 10.1. The molecule has 0 radical (unpaired) electrons. The van der Waals surface area contributed by atoms with Crippen molar-refractivity contribution >= 4 is 34.7 Å². The van der Waals surface area contributed by atoms with Crippen LogP contribution in [0.4, 0.5) is 10.5 Å². The molecule has 0 aliphatic carbocycles. The van der Waals surface area contributed by atoms with Crippen molar-refractivity contribution < 1.29 is 24.0 Å². The minimum atomic E-state index is -0.541. The van der Waals surface area contributed by atoms with Crippen LogP contribution in [0.15, 0.2) is 71.8 Å². The quantitative estimate of drug-likeness (QED) is 0.220. The molecular formula is C25H21N3O6S. The van der Waals surface area contributed by atoms with Crippen LogP contribution in [0.2, 0.25) is 0 Å². The minimum Gasteiger partial charge on any atom is -0.490 e. The fraction of sp³-hybridized carbons (Fsp3) is 0.160. The number of hydrogen-bond donors (Lipinski definition) is 0. The standard InChI is InChI=1S/C25H21N3O6S/c1-2-33-21-14-18(8-10-20(21)34-23-11-9-19(16-26-23)28(31)32)15-22-24(29)27(25(30)35-22)13-12-17-6-4-3-5-7-17/h3-11,14-16H,2,12-13H2,1H3/b22-15-. The van der Waals surface area contributed by atoms with Crippen LogP contribution in [0.1, 0.15) is 18.1 Å². The second-order valence-corrected chi connectivity index (χ2v) is 8.42. The molecule has 35 heavy (non-hydrogen) atoms. The van der Waals surface area contributed by atoms with Crippen molar-refractivity contribution in [1.82, 2.24) is 9.88 Å². The first-order valence-electron chi connectivity index (χ1n) is 10.8. The summed E-state index contributed by atoms with van der Waals surface area (Å²) in [4.78, 5) is 41.1. The van der Waals surface area contributed by atoms with Gasteiger partial charge in [0.05, 0.1) is 16.4 Å². The molecule has 4 rings (SSSR count). The molecule has 1 aliphatic heterocycles. The van der Waals surface area contributed by atoms with Crippen molar-refractivity contribution in [1.29, 1.82) is 0 Å². The zero-order chi connectivity index (χ0) is 24.8. The molecule has 2 heterocycles. The largest absolute Gasteiger partial charge is 0.490 e. The molecule has 10 heteroatoms. The molecule has 3 aromatic rings. The lowest BCUT2D eigenvalue weighted by Gasteiger charge is -2.12. The van der Waals surface area contributed by atoms with Gasteiger partial charge in [-0.05, 0) is 54.4 Å². The van der Waals surface area contributed by atoms with Crippen LogP contribution < -0.4 is 9.47 Å². The van der Waals surface area contributed by atoms with Crippen molar-refractivity contribution in [2.45, 2.75) is 13.3 Å². The van der Waals surface area contributed by atoms with Gasteiger partial charge in [0.25, 0.3) is 16.8 Å². The van der Waals surface area contributed by atoms with Crippen molar-refractivity contribution in [2.24, 2.45) is 0 Å². The van der Waals surface area contributed by atoms with Gasteiger partial charge in [-0.3, -0.25) is 24.6 Å². The third kappa shape index (κ3) is 5.85. The number of rotatable bonds is 9. The number of imide groups is 1. The van der Waals surface area contributed by atoms with E-state index in [9.17, 15) is 19.7 Å². The highest BCUT2D eigenvalue weighted by Gasteiger charge is 2.34. The van der Waals surface area contributed by atoms with Gasteiger partial charge in [0.2, 0.25) is 5.88 Å². The summed E-state index contributed by atoms with van der Waals surface area (Å²) in [6.07, 6.45) is 3.34. The highest BCUT2D eigenvalue weighted by Crippen LogP contribution is 2.36. The van der Waals surface area contributed by atoms with Gasteiger partial charge in [0, 0.05) is 18.7 Å². The predicted octanol–water partition coefficient (Wildman–Crippen LogP) is 5.46. The van der Waals surface area contributed by atoms with Crippen molar-refractivity contribution in [2.75, 3.05) is 13.2 Å². The van der Waals surface area contributed by atoms with Crippen LogP contribution >= 0.6 is 11.8 Å². The summed E-state index contributed by atoms with van der Waals surface area (Å²) >= 11 is 0.903. The summed E-state index contributed by atoms with van der Waals surface area (Å²) < 4.78 is 11.4. The lowest BCUT2D eigenvalue weighted by Crippen LogP contribution is -2.30. The van der Waals surface area contributed by atoms with Gasteiger partial charge >= 0.3 is 0 Å². The Morgan fingerprint density at radius 1 is 1.09 bits per heavy atom. The Morgan fingerprint density at radius 2 is 1.89 bits per heavy atom. The molecule has 0 spiro atoms. The molecule has 0 unspecified atom stereocenters. The first-order chi connectivity index (χ1) is 16.9. The molecule has 2 aromatic carbocycles. The van der Waals surface area contributed by atoms with Gasteiger partial charge in [-0.1, -0.05) is 36.4 Å². The zero-order valence-corrected chi connectivity index (χ0v) is 19.6. The Bertz CT molecular complexity index is 1280. The fourth-order valence-corrected chi connectivity index (χ4v) is 4.22. The summed E-state index contributed by atoms with van der Waals surface area (Å²) in [5, 5.41) is 10.5. The summed E-state index contributed by atoms with van der Waals surface area (Å²) in [5.74, 6) is 0.610. The van der Waals surface area contributed by atoms with E-state index in [-0.39, 0.29) is 22.7 Å². The van der Waals surface area contributed by atoms with E-state index >= 15 is 0 Å². The number of carbonyl (C=O) groups is 2. The van der Waals surface area contributed by atoms with E-state index in [1.54, 1.807) is 24.3 Å². The van der Waals surface area contributed by atoms with Gasteiger partial charge < -0.3 is 9.47 Å². The third-order valence-corrected chi connectivity index (χ3v) is 5.96. The zero-order valence-electron chi connectivity index (χ0n) is 18.7. The Labute approximate surface area is 205 Å². The maximum absolute atomic E-state index is 12.8. The molecule has 0 atom stereocenters. The second kappa shape index (κ2) is 10.8. The van der Waals surface area contributed by atoms with Crippen LogP contribution in [-0.2, 0) is 11.2 Å². The molecule has 178 valence electrons. The first kappa shape index (κ1) is 24.0. The number of hydrogen-bond acceptors (Lipinski definition) is 8. The molecule has 1 aliphatic rings. The molecule has 0 saturated carbocycles. The summed E-state index contributed by atoms with van der Waals surface area (Å²) in [5.41, 5.74) is 1.57. The number of aromatic nitrogens is 1. The summed E-state index contributed by atoms with van der Waals surface area (Å²) in [7, 11) is 0. The van der Waals surface area contributed by atoms with Crippen molar-refractivity contribution in [3.63, 3.8) is 0 Å². The van der Waals surface area contributed by atoms with Crippen LogP contribution in [0.25, 0.3) is 6.08 Å². The number of benzene rings is 2. The van der Waals surface area contributed by atoms with Gasteiger partial charge in [0.1, 0.15) is 6.20 Å². The normalized spacial score (nSPS) is 14.4. The van der Waals surface area contributed by atoms with Gasteiger partial charge in [-0.25, -0.2) is 4.98 Å². The van der Waals surface area contributed by atoms with Crippen molar-refractivity contribution in [3.05, 3.63) is 93.0 Å². The van der Waals surface area contributed by atoms with Gasteiger partial charge in [0.15, 0.2) is 11.5 Å². The molecule has 2 amide bonds. The summed E-state index contributed by atoms with van der Waals surface area (Å²) in [6.45, 7) is 2.49. The monoisotopic (exact) mass is 491 g/mol. The number of carbonyl (C=O) groups excluding carboxylic acids is 2. The topological polar surface area (TPSA) is 112 Å². The van der Waals surface area contributed by atoms with E-state index < -0.39 is 4.92 Å². The lowest BCUT2D eigenvalue weighted by molar-refractivity contribution is -0.385. The van der Waals surface area contributed by atoms with Crippen molar-refractivity contribution in [3.8, 4) is 17.4 Å². The fourth-order valence-electron chi connectivity index (χ4n) is 3.35. The molecule has 0 N–H and O–H groups in total. The molecule has 9 nitrogen and oxygen atoms in total. The summed E-state index contributed by atoms with van der Waals surface area (Å²) in [6, 6.07) is 17.4. The van der Waals surface area contributed by atoms with E-state index in [1.165, 1.54) is 17.0 Å².